The molecule has 130 valence electrons. The van der Waals surface area contributed by atoms with Gasteiger partial charge in [0, 0.05) is 27.1 Å². The normalized spacial score (nSPS) is 12.3. The summed E-state index contributed by atoms with van der Waals surface area (Å²) < 4.78 is 3.71. The first kappa shape index (κ1) is 14.6. The Morgan fingerprint density at radius 2 is 1.36 bits per heavy atom. The fourth-order valence-corrected chi connectivity index (χ4v) is 5.70. The molecule has 0 aliphatic rings. The van der Waals surface area contributed by atoms with E-state index in [1.807, 2.05) is 0 Å². The van der Waals surface area contributed by atoms with Crippen molar-refractivity contribution in [1.82, 2.24) is 9.38 Å². The lowest BCUT2D eigenvalue weighted by Gasteiger charge is -1.97. The van der Waals surface area contributed by atoms with Crippen LogP contribution >= 0.6 is 11.3 Å². The molecule has 3 heteroatoms. The zero-order chi connectivity index (χ0) is 18.2. The van der Waals surface area contributed by atoms with Gasteiger partial charge in [-0.15, -0.1) is 11.3 Å². The van der Waals surface area contributed by atoms with Crippen LogP contribution in [0.4, 0.5) is 0 Å². The van der Waals surface area contributed by atoms with Crippen LogP contribution in [-0.2, 0) is 0 Å². The topological polar surface area (TPSA) is 17.3 Å². The Balaban J connectivity index is 1.77. The predicted molar refractivity (Wildman–Crippen MR) is 120 cm³/mol. The van der Waals surface area contributed by atoms with E-state index < -0.39 is 0 Å². The summed E-state index contributed by atoms with van der Waals surface area (Å²) in [5.41, 5.74) is 6.12. The molecule has 0 amide bonds. The lowest BCUT2D eigenvalue weighted by molar-refractivity contribution is 1.37. The number of fused-ring (bicyclic) bond motifs is 8. The van der Waals surface area contributed by atoms with Crippen molar-refractivity contribution in [1.29, 1.82) is 0 Å². The molecule has 4 aromatic carbocycles. The third-order valence-corrected chi connectivity index (χ3v) is 6.88. The SMILES string of the molecule is c1ccc(-c2nc3cc4c5ccccc5n5c6ccccc6c(c3s2)c45)cc1. The minimum absolute atomic E-state index is 1.08. The highest BCUT2D eigenvalue weighted by Crippen LogP contribution is 2.45. The van der Waals surface area contributed by atoms with Gasteiger partial charge in [0.2, 0.25) is 0 Å². The largest absolute Gasteiger partial charge is 0.308 e. The first-order valence-corrected chi connectivity index (χ1v) is 10.2. The molecule has 0 saturated carbocycles. The highest BCUT2D eigenvalue weighted by atomic mass is 32.1. The fraction of sp³-hybridized carbons (Fsp3) is 0. The van der Waals surface area contributed by atoms with E-state index in [0.29, 0.717) is 0 Å². The molecule has 2 nitrogen and oxygen atoms in total. The molecule has 0 radical (unpaired) electrons. The minimum Gasteiger partial charge on any atom is -0.308 e. The van der Waals surface area contributed by atoms with E-state index in [1.54, 1.807) is 11.3 Å². The molecular weight excluding hydrogens is 360 g/mol. The third-order valence-electron chi connectivity index (χ3n) is 5.75. The van der Waals surface area contributed by atoms with Gasteiger partial charge in [0.1, 0.15) is 5.01 Å². The number of aromatic nitrogens is 2. The molecule has 3 heterocycles. The second-order valence-electron chi connectivity index (χ2n) is 7.25. The number of para-hydroxylation sites is 2. The van der Waals surface area contributed by atoms with Crippen LogP contribution in [0.15, 0.2) is 84.9 Å². The molecule has 0 aliphatic carbocycles. The van der Waals surface area contributed by atoms with Crippen molar-refractivity contribution in [2.75, 3.05) is 0 Å². The van der Waals surface area contributed by atoms with Crippen molar-refractivity contribution in [2.45, 2.75) is 0 Å². The molecule has 3 aromatic heterocycles. The molecule has 0 saturated heterocycles. The average molecular weight is 374 g/mol. The van der Waals surface area contributed by atoms with Crippen molar-refractivity contribution < 1.29 is 0 Å². The average Bonchev–Trinajstić information content (AvgIpc) is 3.42. The van der Waals surface area contributed by atoms with E-state index in [9.17, 15) is 0 Å². The highest BCUT2D eigenvalue weighted by molar-refractivity contribution is 7.22. The minimum atomic E-state index is 1.08. The Morgan fingerprint density at radius 3 is 2.18 bits per heavy atom. The van der Waals surface area contributed by atoms with Crippen molar-refractivity contribution in [3.05, 3.63) is 84.9 Å². The molecule has 0 fully saturated rings. The summed E-state index contributed by atoms with van der Waals surface area (Å²) in [5.74, 6) is 0. The fourth-order valence-electron chi connectivity index (χ4n) is 4.59. The van der Waals surface area contributed by atoms with Crippen LogP contribution in [-0.4, -0.2) is 9.38 Å². The molecule has 0 bridgehead atoms. The third kappa shape index (κ3) is 1.70. The van der Waals surface area contributed by atoms with Crippen LogP contribution in [0.3, 0.4) is 0 Å². The first-order valence-electron chi connectivity index (χ1n) is 9.42. The maximum absolute atomic E-state index is 5.03. The van der Waals surface area contributed by atoms with E-state index in [4.69, 9.17) is 4.98 Å². The summed E-state index contributed by atoms with van der Waals surface area (Å²) >= 11 is 1.80. The predicted octanol–water partition coefficient (Wildman–Crippen LogP) is 7.11. The molecular formula is C25H14N2S. The van der Waals surface area contributed by atoms with E-state index in [0.717, 1.165) is 10.5 Å². The molecule has 0 atom stereocenters. The zero-order valence-corrected chi connectivity index (χ0v) is 15.7. The van der Waals surface area contributed by atoms with Gasteiger partial charge in [0.05, 0.1) is 26.8 Å². The maximum Gasteiger partial charge on any atom is 0.124 e. The monoisotopic (exact) mass is 374 g/mol. The number of thiazole rings is 1. The summed E-state index contributed by atoms with van der Waals surface area (Å²) in [5, 5.41) is 6.31. The van der Waals surface area contributed by atoms with Crippen LogP contribution in [0.1, 0.15) is 0 Å². The molecule has 0 N–H and O–H groups in total. The van der Waals surface area contributed by atoms with Gasteiger partial charge in [0.25, 0.3) is 0 Å². The number of benzene rings is 4. The number of rotatable bonds is 1. The van der Waals surface area contributed by atoms with Gasteiger partial charge in [-0.1, -0.05) is 66.7 Å². The molecule has 7 rings (SSSR count). The van der Waals surface area contributed by atoms with Crippen molar-refractivity contribution in [3.63, 3.8) is 0 Å². The summed E-state index contributed by atoms with van der Waals surface area (Å²) in [4.78, 5) is 5.03. The number of nitrogens with zero attached hydrogens (tertiary/aromatic N) is 2. The highest BCUT2D eigenvalue weighted by Gasteiger charge is 2.21. The summed E-state index contributed by atoms with van der Waals surface area (Å²) in [6.45, 7) is 0. The molecule has 28 heavy (non-hydrogen) atoms. The van der Waals surface area contributed by atoms with Crippen molar-refractivity contribution >= 4 is 59.6 Å². The van der Waals surface area contributed by atoms with E-state index >= 15 is 0 Å². The van der Waals surface area contributed by atoms with Crippen molar-refractivity contribution in [3.8, 4) is 10.6 Å². The lowest BCUT2D eigenvalue weighted by atomic mass is 10.1. The molecule has 0 aliphatic heterocycles. The first-order chi connectivity index (χ1) is 13.9. The van der Waals surface area contributed by atoms with Gasteiger partial charge in [-0.3, -0.25) is 0 Å². The Morgan fingerprint density at radius 1 is 0.679 bits per heavy atom. The van der Waals surface area contributed by atoms with Gasteiger partial charge in [-0.25, -0.2) is 4.98 Å². The smallest absolute Gasteiger partial charge is 0.124 e. The number of hydrogen-bond donors (Lipinski definition) is 0. The lowest BCUT2D eigenvalue weighted by Crippen LogP contribution is -1.78. The summed E-state index contributed by atoms with van der Waals surface area (Å²) in [7, 11) is 0. The Labute approximate surface area is 164 Å². The Bertz CT molecular complexity index is 1650. The van der Waals surface area contributed by atoms with Crippen LogP contribution in [0.5, 0.6) is 0 Å². The van der Waals surface area contributed by atoms with Crippen LogP contribution in [0.2, 0.25) is 0 Å². The Hall–Kier alpha value is -3.43. The van der Waals surface area contributed by atoms with Gasteiger partial charge in [-0.05, 0) is 18.2 Å². The van der Waals surface area contributed by atoms with Gasteiger partial charge < -0.3 is 4.40 Å². The van der Waals surface area contributed by atoms with Gasteiger partial charge in [0.15, 0.2) is 0 Å². The second-order valence-corrected chi connectivity index (χ2v) is 8.25. The van der Waals surface area contributed by atoms with Crippen molar-refractivity contribution in [2.24, 2.45) is 0 Å². The van der Waals surface area contributed by atoms with Crippen LogP contribution in [0.25, 0.3) is 58.9 Å². The second kappa shape index (κ2) is 5.09. The quantitative estimate of drug-likeness (QED) is 0.299. The summed E-state index contributed by atoms with van der Waals surface area (Å²) in [6, 6.07) is 30.2. The van der Waals surface area contributed by atoms with Crippen LogP contribution in [0, 0.1) is 0 Å². The maximum atomic E-state index is 5.03. The summed E-state index contributed by atoms with van der Waals surface area (Å²) in [6.07, 6.45) is 0. The zero-order valence-electron chi connectivity index (χ0n) is 14.9. The van der Waals surface area contributed by atoms with E-state index in [2.05, 4.69) is 89.3 Å². The van der Waals surface area contributed by atoms with Gasteiger partial charge in [-0.2, -0.15) is 0 Å². The standard InChI is InChI=1S/C25H14N2S/c1-2-8-15(9-3-1)25-26-19-14-18-16-10-4-6-12-20(16)27-21-13-7-5-11-17(21)22(23(18)27)24(19)28-25/h1-14H. The molecule has 7 aromatic rings. The Kier molecular flexibility index (Phi) is 2.65. The van der Waals surface area contributed by atoms with Crippen LogP contribution < -0.4 is 0 Å². The molecule has 0 unspecified atom stereocenters. The molecule has 0 spiro atoms. The van der Waals surface area contributed by atoms with Gasteiger partial charge >= 0.3 is 0 Å². The number of hydrogen-bond acceptors (Lipinski definition) is 2. The van der Waals surface area contributed by atoms with E-state index in [-0.39, 0.29) is 0 Å². The van der Waals surface area contributed by atoms with E-state index in [1.165, 1.54) is 48.4 Å².